The lowest BCUT2D eigenvalue weighted by Crippen LogP contribution is -2.30. The lowest BCUT2D eigenvalue weighted by atomic mass is 10.1. The first-order valence-electron chi connectivity index (χ1n) is 40.1. The Kier molecular flexibility index (Phi) is 72.4. The number of phosphoric acid groups is 2. The summed E-state index contributed by atoms with van der Waals surface area (Å²) >= 11 is 0. The van der Waals surface area contributed by atoms with Gasteiger partial charge in [-0.25, -0.2) is 9.13 Å². The molecule has 594 valence electrons. The number of carbonyl (C=O) groups excluding carboxylic acids is 4. The molecule has 19 heteroatoms. The molecule has 0 aromatic heterocycles. The number of hydrogen-bond donors (Lipinski definition) is 3. The van der Waals surface area contributed by atoms with Crippen molar-refractivity contribution in [3.05, 3.63) is 146 Å². The van der Waals surface area contributed by atoms with Gasteiger partial charge in [0.1, 0.15) is 19.3 Å². The van der Waals surface area contributed by atoms with E-state index in [0.29, 0.717) is 32.1 Å². The minimum atomic E-state index is -5.00. The molecule has 0 aliphatic rings. The summed E-state index contributed by atoms with van der Waals surface area (Å²) in [6.07, 6.45) is 86.9. The van der Waals surface area contributed by atoms with Crippen LogP contribution in [0.1, 0.15) is 310 Å². The van der Waals surface area contributed by atoms with Crippen LogP contribution in [0.3, 0.4) is 0 Å². The Balaban J connectivity index is 5.40. The number of phosphoric ester groups is 2. The number of hydrogen-bond acceptors (Lipinski definition) is 15. The van der Waals surface area contributed by atoms with Crippen molar-refractivity contribution in [3.8, 4) is 0 Å². The second-order valence-corrected chi connectivity index (χ2v) is 29.1. The molecule has 0 heterocycles. The van der Waals surface area contributed by atoms with Crippen molar-refractivity contribution >= 4 is 39.5 Å². The topological polar surface area (TPSA) is 237 Å². The molecule has 5 unspecified atom stereocenters. The standard InChI is InChI=1S/C85H142O17P2/c1-5-9-13-17-21-25-29-32-35-38-39-42-44-47-51-54-58-62-66-70-83(88)96-76-81(102-85(90)72-68-64-60-56-52-48-45-41-37-34-31-27-23-19-15-11-7-3)78-100-104(93,94)98-74-79(86)73-97-103(91,92)99-77-80(101-84(89)71-67-63-59-55-49-28-24-20-16-12-8-4)75-95-82(87)69-65-61-57-53-50-46-43-40-36-33-30-26-22-18-14-10-6-2/h10-11,14-15,20-27,32-37,39,42,45,48,56,60,79-81,86H,5-9,12-13,16-19,28-31,38,40-41,43-44,46-47,49-55,57-59,61-78H2,1-4H3,(H,91,92)(H,93,94)/b14-10-,15-11-,24-20-,25-21-,26-22-,27-23-,35-32-,36-33-,37-34-,42-39-,48-45-,60-56-. The van der Waals surface area contributed by atoms with Crippen molar-refractivity contribution < 1.29 is 80.2 Å². The smallest absolute Gasteiger partial charge is 0.462 e. The van der Waals surface area contributed by atoms with Crippen LogP contribution in [0.2, 0.25) is 0 Å². The van der Waals surface area contributed by atoms with E-state index < -0.39 is 97.5 Å². The van der Waals surface area contributed by atoms with Gasteiger partial charge >= 0.3 is 39.5 Å². The molecule has 0 bridgehead atoms. The molecule has 0 spiro atoms. The number of aliphatic hydroxyl groups excluding tert-OH is 1. The van der Waals surface area contributed by atoms with E-state index in [1.807, 2.05) is 12.2 Å². The molecule has 0 rings (SSSR count). The third-order valence-electron chi connectivity index (χ3n) is 16.3. The number of carbonyl (C=O) groups is 4. The summed E-state index contributed by atoms with van der Waals surface area (Å²) in [5.74, 6) is -2.28. The maximum atomic E-state index is 13.1. The Morgan fingerprint density at radius 3 is 0.846 bits per heavy atom. The van der Waals surface area contributed by atoms with E-state index in [1.54, 1.807) is 0 Å². The van der Waals surface area contributed by atoms with Crippen LogP contribution in [-0.4, -0.2) is 96.7 Å². The van der Waals surface area contributed by atoms with Crippen molar-refractivity contribution in [2.24, 2.45) is 0 Å². The quantitative estimate of drug-likeness (QED) is 0.0169. The molecule has 5 atom stereocenters. The minimum absolute atomic E-state index is 0.00961. The molecular formula is C85H142O17P2. The molecule has 0 fully saturated rings. The predicted molar refractivity (Wildman–Crippen MR) is 427 cm³/mol. The Labute approximate surface area is 630 Å². The number of rotatable bonds is 74. The highest BCUT2D eigenvalue weighted by Gasteiger charge is 2.30. The largest absolute Gasteiger partial charge is 0.472 e. The SMILES string of the molecule is CC/C=C\C/C=C\C/C=C\C/C=C\C/C=C\CCCC(=O)OC(COC(=O)CCCCCCCC/C=C\C/C=C\C/C=C\CCCCC)COP(=O)(O)OCC(O)COP(=O)(O)OCC(COC(=O)CCCCCCCCC/C=C\C/C=C\C/C=C\CC)OC(=O)CCCCCCC/C=C\CCCC. The predicted octanol–water partition coefficient (Wildman–Crippen LogP) is 23.4. The Morgan fingerprint density at radius 1 is 0.279 bits per heavy atom. The van der Waals surface area contributed by atoms with Gasteiger partial charge in [0.05, 0.1) is 26.4 Å². The molecule has 0 aliphatic heterocycles. The summed E-state index contributed by atoms with van der Waals surface area (Å²) in [6, 6.07) is 0. The normalized spacial score (nSPS) is 14.6. The van der Waals surface area contributed by atoms with Crippen LogP contribution < -0.4 is 0 Å². The van der Waals surface area contributed by atoms with Gasteiger partial charge in [0.25, 0.3) is 0 Å². The van der Waals surface area contributed by atoms with E-state index in [2.05, 4.69) is 161 Å². The molecule has 0 radical (unpaired) electrons. The van der Waals surface area contributed by atoms with Gasteiger partial charge in [-0.15, -0.1) is 0 Å². The Hall–Kier alpha value is -5.06. The molecule has 0 aromatic carbocycles. The Morgan fingerprint density at radius 2 is 0.519 bits per heavy atom. The number of unbranched alkanes of at least 4 members (excludes halogenated alkanes) is 24. The van der Waals surface area contributed by atoms with Gasteiger partial charge in [0, 0.05) is 25.7 Å². The average Bonchev–Trinajstić information content (AvgIpc) is 0.908. The van der Waals surface area contributed by atoms with Gasteiger partial charge < -0.3 is 33.8 Å². The zero-order valence-electron chi connectivity index (χ0n) is 64.9. The van der Waals surface area contributed by atoms with E-state index in [4.69, 9.17) is 37.0 Å². The van der Waals surface area contributed by atoms with Gasteiger partial charge in [0.2, 0.25) is 0 Å². The zero-order valence-corrected chi connectivity index (χ0v) is 66.7. The van der Waals surface area contributed by atoms with E-state index >= 15 is 0 Å². The van der Waals surface area contributed by atoms with Crippen LogP contribution in [0.25, 0.3) is 0 Å². The van der Waals surface area contributed by atoms with Crippen LogP contribution in [-0.2, 0) is 65.4 Å². The second-order valence-electron chi connectivity index (χ2n) is 26.2. The lowest BCUT2D eigenvalue weighted by Gasteiger charge is -2.21. The zero-order chi connectivity index (χ0) is 76.0. The second kappa shape index (κ2) is 76.1. The van der Waals surface area contributed by atoms with Crippen LogP contribution in [0.15, 0.2) is 146 Å². The van der Waals surface area contributed by atoms with Crippen LogP contribution in [0.4, 0.5) is 0 Å². The van der Waals surface area contributed by atoms with Gasteiger partial charge in [-0.1, -0.05) is 276 Å². The molecular weight excluding hydrogens is 1350 g/mol. The maximum Gasteiger partial charge on any atom is 0.472 e. The molecule has 0 aliphatic carbocycles. The first-order valence-corrected chi connectivity index (χ1v) is 43.1. The molecule has 3 N–H and O–H groups in total. The summed E-state index contributed by atoms with van der Waals surface area (Å²) in [6.45, 7) is 4.49. The monoisotopic (exact) mass is 1500 g/mol. The number of allylic oxidation sites excluding steroid dienone is 24. The fourth-order valence-corrected chi connectivity index (χ4v) is 11.8. The van der Waals surface area contributed by atoms with E-state index in [-0.39, 0.29) is 25.7 Å². The average molecular weight is 1500 g/mol. The highest BCUT2D eigenvalue weighted by molar-refractivity contribution is 7.47. The number of esters is 4. The fourth-order valence-electron chi connectivity index (χ4n) is 10.2. The molecule has 17 nitrogen and oxygen atoms in total. The van der Waals surface area contributed by atoms with E-state index in [0.717, 1.165) is 193 Å². The summed E-state index contributed by atoms with van der Waals surface area (Å²) < 4.78 is 68.5. The van der Waals surface area contributed by atoms with Gasteiger partial charge in [-0.05, 0) is 154 Å². The number of ether oxygens (including phenoxy) is 4. The molecule has 0 aromatic rings. The fraction of sp³-hybridized carbons (Fsp3) is 0.671. The lowest BCUT2D eigenvalue weighted by molar-refractivity contribution is -0.161. The van der Waals surface area contributed by atoms with Crippen LogP contribution in [0, 0.1) is 0 Å². The highest BCUT2D eigenvalue weighted by atomic mass is 31.2. The van der Waals surface area contributed by atoms with Gasteiger partial charge in [0.15, 0.2) is 12.2 Å². The molecule has 104 heavy (non-hydrogen) atoms. The van der Waals surface area contributed by atoms with Crippen molar-refractivity contribution in [1.29, 1.82) is 0 Å². The molecule has 0 amide bonds. The molecule has 0 saturated carbocycles. The first kappa shape index (κ1) is 98.9. The third-order valence-corrected chi connectivity index (χ3v) is 18.2. The van der Waals surface area contributed by atoms with Gasteiger partial charge in [-0.2, -0.15) is 0 Å². The van der Waals surface area contributed by atoms with Crippen molar-refractivity contribution in [2.45, 2.75) is 329 Å². The summed E-state index contributed by atoms with van der Waals surface area (Å²) in [4.78, 5) is 73.0. The van der Waals surface area contributed by atoms with E-state index in [1.165, 1.54) is 32.1 Å². The molecule has 0 saturated heterocycles. The Bertz CT molecular complexity index is 2540. The summed E-state index contributed by atoms with van der Waals surface area (Å²) in [7, 11) is -9.99. The van der Waals surface area contributed by atoms with E-state index in [9.17, 15) is 43.2 Å². The van der Waals surface area contributed by atoms with Crippen LogP contribution in [0.5, 0.6) is 0 Å². The number of aliphatic hydroxyl groups is 1. The summed E-state index contributed by atoms with van der Waals surface area (Å²) in [5.41, 5.74) is 0. The highest BCUT2D eigenvalue weighted by Crippen LogP contribution is 2.45. The van der Waals surface area contributed by atoms with Crippen molar-refractivity contribution in [3.63, 3.8) is 0 Å². The van der Waals surface area contributed by atoms with Crippen LogP contribution >= 0.6 is 15.6 Å². The summed E-state index contributed by atoms with van der Waals surface area (Å²) in [5, 5.41) is 10.6. The van der Waals surface area contributed by atoms with Crippen molar-refractivity contribution in [2.75, 3.05) is 39.6 Å². The van der Waals surface area contributed by atoms with Gasteiger partial charge in [-0.3, -0.25) is 37.3 Å². The first-order chi connectivity index (χ1) is 50.7. The minimum Gasteiger partial charge on any atom is -0.462 e. The van der Waals surface area contributed by atoms with Crippen molar-refractivity contribution in [1.82, 2.24) is 0 Å². The maximum absolute atomic E-state index is 13.1. The third kappa shape index (κ3) is 75.2.